The van der Waals surface area contributed by atoms with E-state index >= 15 is 0 Å². The third-order valence-corrected chi connectivity index (χ3v) is 4.28. The van der Waals surface area contributed by atoms with Crippen molar-refractivity contribution in [1.29, 1.82) is 0 Å². The molecule has 0 aromatic heterocycles. The van der Waals surface area contributed by atoms with Gasteiger partial charge in [-0.05, 0) is 23.3 Å². The highest BCUT2D eigenvalue weighted by Gasteiger charge is 2.17. The van der Waals surface area contributed by atoms with Gasteiger partial charge in [-0.3, -0.25) is 4.79 Å². The molecule has 1 atom stereocenters. The maximum absolute atomic E-state index is 11.6. The summed E-state index contributed by atoms with van der Waals surface area (Å²) in [6.45, 7) is 0. The predicted octanol–water partition coefficient (Wildman–Crippen LogP) is 3.80. The maximum atomic E-state index is 11.6. The smallest absolute Gasteiger partial charge is 0.235 e. The number of hydrogen-bond donors (Lipinski definition) is 1. The second-order valence-electron chi connectivity index (χ2n) is 4.13. The lowest BCUT2D eigenvalue weighted by molar-refractivity contribution is -0.117. The van der Waals surface area contributed by atoms with Crippen LogP contribution in [0.2, 0.25) is 5.02 Å². The number of benzene rings is 2. The average Bonchev–Trinajstić information content (AvgIpc) is 2.42. The Kier molecular flexibility index (Phi) is 4.88. The molecule has 0 spiro atoms. The molecule has 0 bridgehead atoms. The first kappa shape index (κ1) is 14.0. The molecule has 2 nitrogen and oxygen atoms in total. The van der Waals surface area contributed by atoms with E-state index in [0.29, 0.717) is 5.02 Å². The van der Waals surface area contributed by atoms with Crippen LogP contribution in [0.15, 0.2) is 54.6 Å². The minimum atomic E-state index is -0.322. The normalized spacial score (nSPS) is 12.1. The van der Waals surface area contributed by atoms with Crippen LogP contribution in [-0.2, 0) is 10.5 Å². The summed E-state index contributed by atoms with van der Waals surface area (Å²) in [5, 5.41) is 0.389. The van der Waals surface area contributed by atoms with Gasteiger partial charge in [0.1, 0.15) is 5.25 Å². The molecule has 2 N–H and O–H groups in total. The Balaban J connectivity index is 2.06. The van der Waals surface area contributed by atoms with Crippen LogP contribution < -0.4 is 5.73 Å². The van der Waals surface area contributed by atoms with E-state index in [9.17, 15) is 4.79 Å². The van der Waals surface area contributed by atoms with Crippen LogP contribution >= 0.6 is 23.4 Å². The highest BCUT2D eigenvalue weighted by molar-refractivity contribution is 7.99. The molecule has 19 heavy (non-hydrogen) atoms. The molecule has 0 saturated heterocycles. The number of halogens is 1. The second kappa shape index (κ2) is 6.64. The first-order chi connectivity index (χ1) is 9.16. The molecule has 0 aliphatic rings. The van der Waals surface area contributed by atoms with Gasteiger partial charge in [0, 0.05) is 10.8 Å². The number of amides is 1. The van der Waals surface area contributed by atoms with Crippen molar-refractivity contribution in [3.8, 4) is 0 Å². The van der Waals surface area contributed by atoms with E-state index < -0.39 is 0 Å². The third-order valence-electron chi connectivity index (χ3n) is 2.69. The first-order valence-corrected chi connectivity index (χ1v) is 7.30. The lowest BCUT2D eigenvalue weighted by Crippen LogP contribution is -2.19. The molecular formula is C15H14ClNOS. The maximum Gasteiger partial charge on any atom is 0.235 e. The van der Waals surface area contributed by atoms with Crippen LogP contribution in [0.3, 0.4) is 0 Å². The molecule has 0 aliphatic carbocycles. The van der Waals surface area contributed by atoms with E-state index in [0.717, 1.165) is 16.9 Å². The van der Waals surface area contributed by atoms with Crippen molar-refractivity contribution in [2.24, 2.45) is 5.73 Å². The van der Waals surface area contributed by atoms with E-state index in [1.54, 1.807) is 0 Å². The van der Waals surface area contributed by atoms with Gasteiger partial charge in [-0.1, -0.05) is 54.1 Å². The lowest BCUT2D eigenvalue weighted by atomic mass is 10.1. The van der Waals surface area contributed by atoms with Crippen LogP contribution in [0.25, 0.3) is 0 Å². The Morgan fingerprint density at radius 1 is 1.11 bits per heavy atom. The zero-order valence-corrected chi connectivity index (χ0v) is 11.8. The van der Waals surface area contributed by atoms with Gasteiger partial charge in [-0.25, -0.2) is 0 Å². The van der Waals surface area contributed by atoms with Crippen LogP contribution in [0.5, 0.6) is 0 Å². The molecule has 4 heteroatoms. The Labute approximate surface area is 122 Å². The molecule has 2 aromatic rings. The van der Waals surface area contributed by atoms with Crippen LogP contribution in [-0.4, -0.2) is 5.91 Å². The Morgan fingerprint density at radius 2 is 1.74 bits per heavy atom. The van der Waals surface area contributed by atoms with Gasteiger partial charge in [-0.2, -0.15) is 0 Å². The number of carbonyl (C=O) groups is 1. The summed E-state index contributed by atoms with van der Waals surface area (Å²) in [7, 11) is 0. The average molecular weight is 292 g/mol. The summed E-state index contributed by atoms with van der Waals surface area (Å²) < 4.78 is 0. The largest absolute Gasteiger partial charge is 0.368 e. The van der Waals surface area contributed by atoms with Crippen molar-refractivity contribution in [3.63, 3.8) is 0 Å². The van der Waals surface area contributed by atoms with Gasteiger partial charge in [0.2, 0.25) is 5.91 Å². The van der Waals surface area contributed by atoms with Crippen molar-refractivity contribution < 1.29 is 4.79 Å². The molecule has 98 valence electrons. The topological polar surface area (TPSA) is 43.1 Å². The number of hydrogen-bond acceptors (Lipinski definition) is 2. The summed E-state index contributed by atoms with van der Waals surface area (Å²) in [4.78, 5) is 11.6. The third kappa shape index (κ3) is 4.01. The van der Waals surface area contributed by atoms with Crippen LogP contribution in [0.4, 0.5) is 0 Å². The fourth-order valence-corrected chi connectivity index (χ4v) is 2.92. The predicted molar refractivity (Wildman–Crippen MR) is 81.1 cm³/mol. The quantitative estimate of drug-likeness (QED) is 0.910. The number of thioether (sulfide) groups is 1. The van der Waals surface area contributed by atoms with Crippen molar-refractivity contribution in [2.45, 2.75) is 11.0 Å². The molecule has 2 rings (SSSR count). The van der Waals surface area contributed by atoms with Gasteiger partial charge >= 0.3 is 0 Å². The number of rotatable bonds is 5. The second-order valence-corrected chi connectivity index (χ2v) is 5.66. The fourth-order valence-electron chi connectivity index (χ4n) is 1.73. The number of primary amides is 1. The van der Waals surface area contributed by atoms with Gasteiger partial charge in [0.15, 0.2) is 0 Å². The van der Waals surface area contributed by atoms with Gasteiger partial charge in [-0.15, -0.1) is 11.8 Å². The molecule has 0 aliphatic heterocycles. The van der Waals surface area contributed by atoms with E-state index in [4.69, 9.17) is 17.3 Å². The van der Waals surface area contributed by atoms with E-state index in [2.05, 4.69) is 0 Å². The van der Waals surface area contributed by atoms with E-state index in [1.807, 2.05) is 54.6 Å². The number of nitrogens with two attached hydrogens (primary N) is 1. The molecule has 0 radical (unpaired) electrons. The lowest BCUT2D eigenvalue weighted by Gasteiger charge is -2.13. The summed E-state index contributed by atoms with van der Waals surface area (Å²) in [5.41, 5.74) is 7.54. The van der Waals surface area contributed by atoms with E-state index in [1.165, 1.54) is 11.8 Å². The summed E-state index contributed by atoms with van der Waals surface area (Å²) in [5.74, 6) is 0.407. The highest BCUT2D eigenvalue weighted by atomic mass is 35.5. The zero-order valence-electron chi connectivity index (χ0n) is 10.3. The summed E-state index contributed by atoms with van der Waals surface area (Å²) in [6.07, 6.45) is 0. The van der Waals surface area contributed by atoms with Gasteiger partial charge < -0.3 is 5.73 Å². The molecular weight excluding hydrogens is 278 g/mol. The Morgan fingerprint density at radius 3 is 2.32 bits per heavy atom. The summed E-state index contributed by atoms with van der Waals surface area (Å²) in [6, 6.07) is 17.2. The SMILES string of the molecule is NC(=O)[C@H](SCc1ccc(Cl)cc1)c1ccccc1. The fraction of sp³-hybridized carbons (Fsp3) is 0.133. The minimum Gasteiger partial charge on any atom is -0.368 e. The monoisotopic (exact) mass is 291 g/mol. The zero-order chi connectivity index (χ0) is 13.7. The molecule has 0 unspecified atom stereocenters. The van der Waals surface area contributed by atoms with Crippen LogP contribution in [0, 0.1) is 0 Å². The molecule has 1 amide bonds. The van der Waals surface area contributed by atoms with Gasteiger partial charge in [0.25, 0.3) is 0 Å². The number of carbonyl (C=O) groups excluding carboxylic acids is 1. The first-order valence-electron chi connectivity index (χ1n) is 5.87. The molecule has 0 heterocycles. The van der Waals surface area contributed by atoms with Crippen molar-refractivity contribution in [3.05, 3.63) is 70.7 Å². The minimum absolute atomic E-state index is 0.315. The summed E-state index contributed by atoms with van der Waals surface area (Å²) >= 11 is 7.36. The van der Waals surface area contributed by atoms with Crippen LogP contribution in [0.1, 0.15) is 16.4 Å². The van der Waals surface area contributed by atoms with Crippen molar-refractivity contribution in [2.75, 3.05) is 0 Å². The Bertz CT molecular complexity index is 542. The van der Waals surface area contributed by atoms with Crippen molar-refractivity contribution in [1.82, 2.24) is 0 Å². The standard InChI is InChI=1S/C15H14ClNOS/c16-13-8-6-11(7-9-13)10-19-14(15(17)18)12-4-2-1-3-5-12/h1-9,14H,10H2,(H2,17,18)/t14-/m1/s1. The molecule has 2 aromatic carbocycles. The molecule has 0 fully saturated rings. The van der Waals surface area contributed by atoms with Crippen molar-refractivity contribution >= 4 is 29.3 Å². The molecule has 0 saturated carbocycles. The Hall–Kier alpha value is -1.45. The highest BCUT2D eigenvalue weighted by Crippen LogP contribution is 2.31. The van der Waals surface area contributed by atoms with E-state index in [-0.39, 0.29) is 11.2 Å². The van der Waals surface area contributed by atoms with Gasteiger partial charge in [0.05, 0.1) is 0 Å².